The van der Waals surface area contributed by atoms with Crippen molar-refractivity contribution >= 4 is 11.0 Å². The van der Waals surface area contributed by atoms with Gasteiger partial charge < -0.3 is 9.30 Å². The van der Waals surface area contributed by atoms with Crippen molar-refractivity contribution in [3.63, 3.8) is 0 Å². The molecule has 3 aromatic rings. The maximum absolute atomic E-state index is 9.30. The largest absolute Gasteiger partial charge is 0.492 e. The minimum atomic E-state index is 0.547. The number of aromatic nitrogens is 2. The van der Waals surface area contributed by atoms with Crippen LogP contribution in [0, 0.1) is 11.3 Å². The van der Waals surface area contributed by atoms with Crippen molar-refractivity contribution in [3.8, 4) is 22.9 Å². The zero-order chi connectivity index (χ0) is 14.8. The molecule has 0 spiro atoms. The fraction of sp³-hybridized carbons (Fsp3) is 0.176. The molecule has 0 aliphatic rings. The van der Waals surface area contributed by atoms with Crippen molar-refractivity contribution in [1.82, 2.24) is 9.55 Å². The molecule has 0 saturated carbocycles. The summed E-state index contributed by atoms with van der Waals surface area (Å²) >= 11 is 0. The Kier molecular flexibility index (Phi) is 3.33. The van der Waals surface area contributed by atoms with Crippen LogP contribution in [0.2, 0.25) is 0 Å². The molecule has 1 aromatic carbocycles. The summed E-state index contributed by atoms with van der Waals surface area (Å²) in [5.41, 5.74) is 4.61. The van der Waals surface area contributed by atoms with E-state index in [0.29, 0.717) is 17.9 Å². The molecule has 2 heterocycles. The van der Waals surface area contributed by atoms with E-state index in [9.17, 15) is 5.26 Å². The van der Waals surface area contributed by atoms with Gasteiger partial charge in [0.25, 0.3) is 0 Å². The number of pyridine rings is 1. The molecule has 3 rings (SSSR count). The number of fused-ring (bicyclic) bond motifs is 1. The van der Waals surface area contributed by atoms with Gasteiger partial charge >= 0.3 is 0 Å². The number of rotatable bonds is 3. The van der Waals surface area contributed by atoms with Gasteiger partial charge in [-0.3, -0.25) is 4.98 Å². The lowest BCUT2D eigenvalue weighted by molar-refractivity contribution is 0.339. The Balaban J connectivity index is 2.19. The Morgan fingerprint density at radius 3 is 2.90 bits per heavy atom. The highest BCUT2D eigenvalue weighted by molar-refractivity contribution is 5.92. The Bertz CT molecular complexity index is 843. The summed E-state index contributed by atoms with van der Waals surface area (Å²) in [7, 11) is 1.99. The normalized spacial score (nSPS) is 10.5. The Morgan fingerprint density at radius 2 is 2.14 bits per heavy atom. The summed E-state index contributed by atoms with van der Waals surface area (Å²) < 4.78 is 7.52. The average Bonchev–Trinajstić information content (AvgIpc) is 2.90. The molecular formula is C17H15N3O. The summed E-state index contributed by atoms with van der Waals surface area (Å²) in [6.45, 7) is 2.46. The second kappa shape index (κ2) is 5.29. The molecule has 0 atom stereocenters. The maximum atomic E-state index is 9.30. The fourth-order valence-corrected chi connectivity index (χ4v) is 2.52. The molecule has 0 fully saturated rings. The molecule has 21 heavy (non-hydrogen) atoms. The van der Waals surface area contributed by atoms with Gasteiger partial charge in [0.05, 0.1) is 23.2 Å². The zero-order valence-corrected chi connectivity index (χ0v) is 12.0. The van der Waals surface area contributed by atoms with E-state index >= 15 is 0 Å². The summed E-state index contributed by atoms with van der Waals surface area (Å²) in [5.74, 6) is 0.626. The van der Waals surface area contributed by atoms with Gasteiger partial charge in [-0.05, 0) is 36.8 Å². The van der Waals surface area contributed by atoms with Crippen molar-refractivity contribution in [2.45, 2.75) is 6.92 Å². The van der Waals surface area contributed by atoms with Crippen LogP contribution in [0.1, 0.15) is 12.5 Å². The average molecular weight is 277 g/mol. The van der Waals surface area contributed by atoms with Crippen LogP contribution >= 0.6 is 0 Å². The summed E-state index contributed by atoms with van der Waals surface area (Å²) in [5, 5.41) is 9.30. The van der Waals surface area contributed by atoms with Gasteiger partial charge in [0, 0.05) is 25.0 Å². The molecule has 0 saturated heterocycles. The Hall–Kier alpha value is -2.80. The number of hydrogen-bond acceptors (Lipinski definition) is 3. The van der Waals surface area contributed by atoms with Gasteiger partial charge in [-0.25, -0.2) is 0 Å². The molecule has 0 amide bonds. The third-order valence-electron chi connectivity index (χ3n) is 3.47. The van der Waals surface area contributed by atoms with E-state index in [4.69, 9.17) is 4.74 Å². The van der Waals surface area contributed by atoms with Gasteiger partial charge in [0.1, 0.15) is 11.8 Å². The predicted molar refractivity (Wildman–Crippen MR) is 82.0 cm³/mol. The second-order valence-corrected chi connectivity index (χ2v) is 4.77. The lowest BCUT2D eigenvalue weighted by Crippen LogP contribution is -1.95. The third kappa shape index (κ3) is 2.23. The van der Waals surface area contributed by atoms with Crippen LogP contribution in [0.4, 0.5) is 0 Å². The highest BCUT2D eigenvalue weighted by Crippen LogP contribution is 2.31. The minimum Gasteiger partial charge on any atom is -0.492 e. The van der Waals surface area contributed by atoms with Gasteiger partial charge in [-0.15, -0.1) is 0 Å². The first-order valence-electron chi connectivity index (χ1n) is 6.82. The molecule has 0 aliphatic heterocycles. The van der Waals surface area contributed by atoms with Crippen molar-refractivity contribution in [2.75, 3.05) is 6.61 Å². The summed E-state index contributed by atoms with van der Waals surface area (Å²) in [6, 6.07) is 11.9. The standard InChI is InChI=1S/C17H15N3O/c1-3-21-16-5-4-12(10-13(16)11-18)14-6-8-19-15-7-9-20(2)17(14)15/h4-10H,3H2,1-2H3. The number of benzene rings is 1. The van der Waals surface area contributed by atoms with Crippen LogP contribution < -0.4 is 4.74 Å². The van der Waals surface area contributed by atoms with Crippen LogP contribution in [-0.4, -0.2) is 16.2 Å². The smallest absolute Gasteiger partial charge is 0.137 e. The molecule has 0 unspecified atom stereocenters. The number of nitrogens with zero attached hydrogens (tertiary/aromatic N) is 3. The van der Waals surface area contributed by atoms with Crippen molar-refractivity contribution < 1.29 is 4.74 Å². The first-order chi connectivity index (χ1) is 10.2. The van der Waals surface area contributed by atoms with Crippen LogP contribution in [0.5, 0.6) is 5.75 Å². The third-order valence-corrected chi connectivity index (χ3v) is 3.47. The Labute approximate surface area is 123 Å². The first-order valence-corrected chi connectivity index (χ1v) is 6.82. The van der Waals surface area contributed by atoms with E-state index in [-0.39, 0.29) is 0 Å². The molecule has 104 valence electrons. The highest BCUT2D eigenvalue weighted by Gasteiger charge is 2.11. The molecule has 0 aliphatic carbocycles. The van der Waals surface area contributed by atoms with Crippen LogP contribution in [-0.2, 0) is 7.05 Å². The van der Waals surface area contributed by atoms with E-state index in [0.717, 1.165) is 22.2 Å². The quantitative estimate of drug-likeness (QED) is 0.736. The van der Waals surface area contributed by atoms with Crippen LogP contribution in [0.15, 0.2) is 42.7 Å². The molecule has 0 radical (unpaired) electrons. The van der Waals surface area contributed by atoms with Gasteiger partial charge in [-0.2, -0.15) is 5.26 Å². The molecule has 0 bridgehead atoms. The van der Waals surface area contributed by atoms with E-state index in [2.05, 4.69) is 11.1 Å². The van der Waals surface area contributed by atoms with Gasteiger partial charge in [0.15, 0.2) is 0 Å². The van der Waals surface area contributed by atoms with E-state index in [1.807, 2.05) is 55.1 Å². The van der Waals surface area contributed by atoms with E-state index in [1.165, 1.54) is 0 Å². The van der Waals surface area contributed by atoms with Crippen LogP contribution in [0.25, 0.3) is 22.2 Å². The maximum Gasteiger partial charge on any atom is 0.137 e. The molecule has 4 nitrogen and oxygen atoms in total. The lowest BCUT2D eigenvalue weighted by Gasteiger charge is -2.09. The first kappa shape index (κ1) is 13.2. The predicted octanol–water partition coefficient (Wildman–Crippen LogP) is 3.51. The van der Waals surface area contributed by atoms with Gasteiger partial charge in [0.2, 0.25) is 0 Å². The highest BCUT2D eigenvalue weighted by atomic mass is 16.5. The SMILES string of the molecule is CCOc1ccc(-c2ccnc3ccn(C)c23)cc1C#N. The Morgan fingerprint density at radius 1 is 1.29 bits per heavy atom. The summed E-state index contributed by atoms with van der Waals surface area (Å²) in [6.07, 6.45) is 3.78. The van der Waals surface area contributed by atoms with Crippen molar-refractivity contribution in [2.24, 2.45) is 7.05 Å². The minimum absolute atomic E-state index is 0.547. The monoisotopic (exact) mass is 277 g/mol. The van der Waals surface area contributed by atoms with Crippen LogP contribution in [0.3, 0.4) is 0 Å². The van der Waals surface area contributed by atoms with E-state index in [1.54, 1.807) is 6.20 Å². The van der Waals surface area contributed by atoms with E-state index < -0.39 is 0 Å². The number of aryl methyl sites for hydroxylation is 1. The van der Waals surface area contributed by atoms with Crippen molar-refractivity contribution in [3.05, 3.63) is 48.3 Å². The second-order valence-electron chi connectivity index (χ2n) is 4.77. The number of hydrogen-bond donors (Lipinski definition) is 0. The molecule has 2 aromatic heterocycles. The molecule has 0 N–H and O–H groups in total. The lowest BCUT2D eigenvalue weighted by atomic mass is 10.0. The molecular weight excluding hydrogens is 262 g/mol. The number of ether oxygens (including phenoxy) is 1. The zero-order valence-electron chi connectivity index (χ0n) is 12.0. The number of nitriles is 1. The fourth-order valence-electron chi connectivity index (χ4n) is 2.52. The topological polar surface area (TPSA) is 50.8 Å². The molecule has 4 heteroatoms. The van der Waals surface area contributed by atoms with Gasteiger partial charge in [-0.1, -0.05) is 6.07 Å². The summed E-state index contributed by atoms with van der Waals surface area (Å²) in [4.78, 5) is 4.37. The van der Waals surface area contributed by atoms with Crippen molar-refractivity contribution in [1.29, 1.82) is 5.26 Å².